The van der Waals surface area contributed by atoms with Gasteiger partial charge in [0.25, 0.3) is 0 Å². The Morgan fingerprint density at radius 2 is 1.71 bits per heavy atom. The molecule has 1 fully saturated rings. The lowest BCUT2D eigenvalue weighted by molar-refractivity contribution is -1.00. The van der Waals surface area contributed by atoms with E-state index >= 15 is 0 Å². The van der Waals surface area contributed by atoms with Crippen molar-refractivity contribution in [1.82, 2.24) is 20.2 Å². The molecule has 0 aliphatic carbocycles. The number of rotatable bonds is 6. The SMILES string of the molecule is Cc1ccc([C@H](c2nnnn2Cc2ccco2)[NH+]2CC[NH+](c3ccccc3)CC2)cc1. The summed E-state index contributed by atoms with van der Waals surface area (Å²) in [7, 11) is 0. The van der Waals surface area contributed by atoms with E-state index < -0.39 is 0 Å². The summed E-state index contributed by atoms with van der Waals surface area (Å²) in [5, 5.41) is 12.8. The molecule has 0 saturated carbocycles. The van der Waals surface area contributed by atoms with Crippen LogP contribution in [0.1, 0.15) is 28.8 Å². The summed E-state index contributed by atoms with van der Waals surface area (Å²) >= 11 is 0. The predicted octanol–water partition coefficient (Wildman–Crippen LogP) is 0.827. The number of piperazine rings is 1. The van der Waals surface area contributed by atoms with Gasteiger partial charge in [-0.25, -0.2) is 4.68 Å². The lowest BCUT2D eigenvalue weighted by atomic mass is 10.0. The van der Waals surface area contributed by atoms with Gasteiger partial charge in [0.2, 0.25) is 5.82 Å². The molecule has 5 rings (SSSR count). The molecule has 0 unspecified atom stereocenters. The van der Waals surface area contributed by atoms with Crippen molar-refractivity contribution >= 4 is 5.69 Å². The first-order chi connectivity index (χ1) is 15.3. The van der Waals surface area contributed by atoms with Crippen molar-refractivity contribution in [2.24, 2.45) is 0 Å². The molecule has 1 aliphatic heterocycles. The number of hydrogen-bond donors (Lipinski definition) is 2. The van der Waals surface area contributed by atoms with Gasteiger partial charge in [0.05, 0.1) is 6.26 Å². The van der Waals surface area contributed by atoms with E-state index in [0.717, 1.165) is 37.8 Å². The average Bonchev–Trinajstić information content (AvgIpc) is 3.49. The highest BCUT2D eigenvalue weighted by Crippen LogP contribution is 2.19. The maximum Gasteiger partial charge on any atom is 0.214 e. The van der Waals surface area contributed by atoms with Gasteiger partial charge >= 0.3 is 0 Å². The third kappa shape index (κ3) is 4.28. The van der Waals surface area contributed by atoms with Gasteiger partial charge in [-0.15, -0.1) is 5.10 Å². The van der Waals surface area contributed by atoms with Crippen LogP contribution in [0.4, 0.5) is 5.69 Å². The van der Waals surface area contributed by atoms with Crippen LogP contribution in [0.25, 0.3) is 0 Å². The van der Waals surface area contributed by atoms with Crippen molar-refractivity contribution in [3.05, 3.63) is 95.7 Å². The van der Waals surface area contributed by atoms with Gasteiger partial charge in [0.1, 0.15) is 44.2 Å². The smallest absolute Gasteiger partial charge is 0.214 e. The Labute approximate surface area is 181 Å². The molecule has 1 saturated heterocycles. The van der Waals surface area contributed by atoms with Gasteiger partial charge in [0, 0.05) is 5.56 Å². The molecule has 0 spiro atoms. The topological polar surface area (TPSA) is 65.6 Å². The van der Waals surface area contributed by atoms with Crippen molar-refractivity contribution in [3.8, 4) is 0 Å². The highest BCUT2D eigenvalue weighted by Gasteiger charge is 2.36. The number of furan rings is 1. The van der Waals surface area contributed by atoms with Crippen LogP contribution in [0, 0.1) is 6.92 Å². The molecule has 3 heterocycles. The number of para-hydroxylation sites is 1. The predicted molar refractivity (Wildman–Crippen MR) is 116 cm³/mol. The first-order valence-corrected chi connectivity index (χ1v) is 10.9. The van der Waals surface area contributed by atoms with Crippen LogP contribution in [0.2, 0.25) is 0 Å². The van der Waals surface area contributed by atoms with Gasteiger partial charge in [-0.2, -0.15) is 0 Å². The first-order valence-electron chi connectivity index (χ1n) is 10.9. The Balaban J connectivity index is 1.43. The third-order valence-electron chi connectivity index (χ3n) is 6.20. The molecule has 1 atom stereocenters. The lowest BCUT2D eigenvalue weighted by Gasteiger charge is -2.34. The molecule has 31 heavy (non-hydrogen) atoms. The van der Waals surface area contributed by atoms with Crippen LogP contribution in [0.3, 0.4) is 0 Å². The molecule has 7 nitrogen and oxygen atoms in total. The Kier molecular flexibility index (Phi) is 5.60. The minimum atomic E-state index is 0.0860. The van der Waals surface area contributed by atoms with E-state index in [4.69, 9.17) is 4.42 Å². The second-order valence-electron chi connectivity index (χ2n) is 8.25. The molecule has 0 amide bonds. The van der Waals surface area contributed by atoms with Crippen LogP contribution in [-0.4, -0.2) is 46.4 Å². The number of nitrogens with one attached hydrogen (secondary N) is 2. The fourth-order valence-electron chi connectivity index (χ4n) is 4.53. The fraction of sp³-hybridized carbons (Fsp3) is 0.292. The fourth-order valence-corrected chi connectivity index (χ4v) is 4.53. The summed E-state index contributed by atoms with van der Waals surface area (Å²) in [4.78, 5) is 3.04. The maximum atomic E-state index is 5.55. The minimum Gasteiger partial charge on any atom is -0.467 e. The van der Waals surface area contributed by atoms with Crippen LogP contribution >= 0.6 is 0 Å². The molecule has 0 bridgehead atoms. The standard InChI is InChI=1S/C24H26N6O/c1-19-9-11-20(12-10-19)23(24-25-26-27-30(24)18-22-8-5-17-31-22)29-15-13-28(14-16-29)21-6-3-2-4-7-21/h2-12,17,23H,13-16,18H2,1H3/p+2/t23-/m1/s1. The molecule has 4 aromatic rings. The first kappa shape index (κ1) is 19.7. The second-order valence-corrected chi connectivity index (χ2v) is 8.25. The molecule has 2 aromatic carbocycles. The van der Waals surface area contributed by atoms with Gasteiger partial charge in [0.15, 0.2) is 6.04 Å². The summed E-state index contributed by atoms with van der Waals surface area (Å²) in [5.41, 5.74) is 3.88. The van der Waals surface area contributed by atoms with E-state index in [0.29, 0.717) is 6.54 Å². The molecule has 2 aromatic heterocycles. The molecule has 0 radical (unpaired) electrons. The van der Waals surface area contributed by atoms with Crippen molar-refractivity contribution in [1.29, 1.82) is 0 Å². The van der Waals surface area contributed by atoms with E-state index in [9.17, 15) is 0 Å². The van der Waals surface area contributed by atoms with Crippen molar-refractivity contribution < 1.29 is 14.2 Å². The monoisotopic (exact) mass is 416 g/mol. The number of nitrogens with zero attached hydrogens (tertiary/aromatic N) is 4. The van der Waals surface area contributed by atoms with E-state index in [2.05, 4.69) is 77.0 Å². The number of aromatic nitrogens is 4. The Bertz CT molecular complexity index is 1080. The highest BCUT2D eigenvalue weighted by atomic mass is 16.3. The van der Waals surface area contributed by atoms with E-state index in [1.807, 2.05) is 16.8 Å². The van der Waals surface area contributed by atoms with Crippen LogP contribution in [0.5, 0.6) is 0 Å². The quantitative estimate of drug-likeness (QED) is 0.489. The summed E-state index contributed by atoms with van der Waals surface area (Å²) in [6.07, 6.45) is 1.69. The third-order valence-corrected chi connectivity index (χ3v) is 6.20. The Morgan fingerprint density at radius 3 is 2.42 bits per heavy atom. The molecule has 1 aliphatic rings. The summed E-state index contributed by atoms with van der Waals surface area (Å²) in [5.74, 6) is 1.74. The zero-order valence-corrected chi connectivity index (χ0v) is 17.7. The number of benzene rings is 2. The Morgan fingerprint density at radius 1 is 0.935 bits per heavy atom. The van der Waals surface area contributed by atoms with Crippen molar-refractivity contribution in [2.45, 2.75) is 19.5 Å². The van der Waals surface area contributed by atoms with Crippen molar-refractivity contribution in [2.75, 3.05) is 26.2 Å². The van der Waals surface area contributed by atoms with Crippen LogP contribution < -0.4 is 9.80 Å². The highest BCUT2D eigenvalue weighted by molar-refractivity contribution is 5.28. The average molecular weight is 417 g/mol. The van der Waals surface area contributed by atoms with Gasteiger partial charge in [-0.05, 0) is 41.6 Å². The summed E-state index contributed by atoms with van der Waals surface area (Å²) in [6.45, 7) is 6.93. The Hall–Kier alpha value is -3.29. The number of hydrogen-bond acceptors (Lipinski definition) is 4. The lowest BCUT2D eigenvalue weighted by Crippen LogP contribution is -3.26. The van der Waals surface area contributed by atoms with E-state index in [1.165, 1.54) is 21.7 Å². The normalized spacial score (nSPS) is 19.9. The van der Waals surface area contributed by atoms with E-state index in [1.54, 1.807) is 11.2 Å². The van der Waals surface area contributed by atoms with E-state index in [-0.39, 0.29) is 6.04 Å². The maximum absolute atomic E-state index is 5.55. The zero-order valence-electron chi connectivity index (χ0n) is 17.7. The molecular weight excluding hydrogens is 388 g/mol. The van der Waals surface area contributed by atoms with Crippen LogP contribution in [0.15, 0.2) is 77.4 Å². The number of aryl methyl sites for hydroxylation is 1. The minimum absolute atomic E-state index is 0.0860. The second kappa shape index (κ2) is 8.83. The van der Waals surface area contributed by atoms with Gasteiger partial charge in [-0.1, -0.05) is 48.0 Å². The number of tetrazole rings is 1. The molecule has 158 valence electrons. The van der Waals surface area contributed by atoms with Crippen molar-refractivity contribution in [3.63, 3.8) is 0 Å². The zero-order chi connectivity index (χ0) is 21.0. The van der Waals surface area contributed by atoms with Crippen LogP contribution in [-0.2, 0) is 6.54 Å². The summed E-state index contributed by atoms with van der Waals surface area (Å²) in [6, 6.07) is 23.5. The summed E-state index contributed by atoms with van der Waals surface area (Å²) < 4.78 is 7.43. The number of quaternary nitrogens is 2. The molecule has 7 heteroatoms. The molecule has 2 N–H and O–H groups in total. The molecular formula is C24H28N6O+2. The van der Waals surface area contributed by atoms with Gasteiger partial charge in [-0.3, -0.25) is 4.90 Å². The van der Waals surface area contributed by atoms with Gasteiger partial charge < -0.3 is 9.32 Å². The largest absolute Gasteiger partial charge is 0.467 e.